The summed E-state index contributed by atoms with van der Waals surface area (Å²) in [5.41, 5.74) is 0.899. The summed E-state index contributed by atoms with van der Waals surface area (Å²) in [4.78, 5) is 61.5. The number of amides is 2. The highest BCUT2D eigenvalue weighted by Gasteiger charge is 2.50. The van der Waals surface area contributed by atoms with Crippen molar-refractivity contribution in [3.8, 4) is 30.1 Å². The monoisotopic (exact) mass is 1000 g/mol. The number of aliphatic hydroxyl groups excluding tert-OH is 2. The van der Waals surface area contributed by atoms with E-state index < -0.39 is 53.1 Å². The highest BCUT2D eigenvalue weighted by Crippen LogP contribution is 2.50. The number of hydrogen-bond donors (Lipinski definition) is 5. The van der Waals surface area contributed by atoms with Gasteiger partial charge in [-0.15, -0.1) is 12.8 Å². The van der Waals surface area contributed by atoms with Gasteiger partial charge in [0.15, 0.2) is 11.4 Å². The first-order valence-electron chi connectivity index (χ1n) is 25.6. The van der Waals surface area contributed by atoms with E-state index in [1.54, 1.807) is 43.3 Å². The molecule has 2 saturated heterocycles. The number of phenols is 2. The number of allylic oxidation sites excluding steroid dienone is 4. The SMILES string of the molecule is C#C.C/C1=C/C=C/C(C)C[C@@H](C)C(O)[C@@H](C)C(OC(=O)N2CCC(c3ccncc3)CC2)[C@H](C)C/C=C/O[C@@]2(C)Oc3c(C)c(O)c4c(O)c(c5c(c4c3C2=O)=NC2(CCN(CC(C)C)CC2)N=5)NC1=O.CO. The third-order valence-corrected chi connectivity index (χ3v) is 15.1. The molecule has 6 aliphatic heterocycles. The second-order valence-electron chi connectivity index (χ2n) is 20.9. The van der Waals surface area contributed by atoms with E-state index >= 15 is 0 Å². The number of ketones is 1. The zero-order valence-electron chi connectivity index (χ0n) is 44.2. The second kappa shape index (κ2) is 23.7. The Morgan fingerprint density at radius 2 is 1.59 bits per heavy atom. The number of phenolic OH excluding ortho intramolecular Hbond substituents is 2. The number of ether oxygens (including phenoxy) is 3. The van der Waals surface area contributed by atoms with Crippen LogP contribution >= 0.6 is 0 Å². The lowest BCUT2D eigenvalue weighted by atomic mass is 9.80. The van der Waals surface area contributed by atoms with Crippen LogP contribution in [0.15, 0.2) is 70.7 Å². The molecule has 7 atom stereocenters. The third-order valence-electron chi connectivity index (χ3n) is 15.1. The number of rotatable bonds is 4. The molecular formula is C57H76N6O10. The molecule has 0 saturated carbocycles. The average Bonchev–Trinajstić information content (AvgIpc) is 3.89. The van der Waals surface area contributed by atoms with Crippen molar-refractivity contribution in [2.45, 2.75) is 130 Å². The lowest BCUT2D eigenvalue weighted by Gasteiger charge is -2.37. The fourth-order valence-electron chi connectivity index (χ4n) is 11.0. The molecule has 2 amide bonds. The lowest BCUT2D eigenvalue weighted by Crippen LogP contribution is -2.45. The molecule has 6 aliphatic rings. The first-order chi connectivity index (χ1) is 34.8. The fraction of sp³-hybridized carbons (Fsp3) is 0.544. The van der Waals surface area contributed by atoms with Crippen LogP contribution in [0.25, 0.3) is 10.8 Å². The van der Waals surface area contributed by atoms with E-state index in [4.69, 9.17) is 29.3 Å². The summed E-state index contributed by atoms with van der Waals surface area (Å²) in [6.07, 6.45) is 22.0. The molecular weight excluding hydrogens is 929 g/mol. The number of carbonyl (C=O) groups excluding carboxylic acids is 3. The smallest absolute Gasteiger partial charge is 0.410 e. The summed E-state index contributed by atoms with van der Waals surface area (Å²) in [6, 6.07) is 4.05. The third kappa shape index (κ3) is 11.7. The maximum atomic E-state index is 14.8. The van der Waals surface area contributed by atoms with Crippen LogP contribution in [-0.4, -0.2) is 116 Å². The predicted molar refractivity (Wildman–Crippen MR) is 281 cm³/mol. The number of fused-ring (bicyclic) bond motifs is 13. The van der Waals surface area contributed by atoms with Gasteiger partial charge in [0.05, 0.1) is 28.7 Å². The summed E-state index contributed by atoms with van der Waals surface area (Å²) < 4.78 is 18.9. The maximum Gasteiger partial charge on any atom is 0.410 e. The van der Waals surface area contributed by atoms with Gasteiger partial charge in [0.1, 0.15) is 28.6 Å². The van der Waals surface area contributed by atoms with Crippen molar-refractivity contribution in [1.29, 1.82) is 0 Å². The Morgan fingerprint density at radius 1 is 0.945 bits per heavy atom. The molecule has 9 rings (SSSR count). The van der Waals surface area contributed by atoms with E-state index in [1.807, 2.05) is 52.0 Å². The van der Waals surface area contributed by atoms with Crippen LogP contribution in [0.5, 0.6) is 17.2 Å². The Morgan fingerprint density at radius 3 is 2.23 bits per heavy atom. The fourth-order valence-corrected chi connectivity index (χ4v) is 11.0. The van der Waals surface area contributed by atoms with Crippen LogP contribution < -0.4 is 20.8 Å². The Kier molecular flexibility index (Phi) is 18.2. The average molecular weight is 1010 g/mol. The van der Waals surface area contributed by atoms with E-state index in [2.05, 4.69) is 41.9 Å². The Hall–Kier alpha value is -6.28. The van der Waals surface area contributed by atoms with Crippen molar-refractivity contribution in [2.75, 3.05) is 45.2 Å². The normalized spacial score (nSPS) is 28.2. The number of aliphatic hydroxyl groups is 2. The van der Waals surface area contributed by atoms with Crippen LogP contribution in [0, 0.1) is 49.4 Å². The standard InChI is InChI=1S/C54H70N6O9.C2H2.CH4O/c1-30(2)29-59-25-19-54(20-26-59)57-42-39-40-46(62)36(8)49-41(39)50(64)53(9,69-49)67-27-11-14-32(4)48(68-52(66)60-23-17-38(18-24-60)37-15-21-55-22-16-37)35(7)45(61)34(6)28-31(3)12-10-13-33(5)51(65)56-44(47(40)63)43(42)58-54;2*1-2/h10-13,15-16,21-22,27,30-32,34-35,38,45,48,61-63H,14,17-20,23-26,28-29H2,1-9H3,(H,56,65);1-2H;2H,1H3/b12-10+,27-11+,33-13-;;/t31?,32-,34-,35-,45?,48?,53+;;/m1../s1. The maximum absolute atomic E-state index is 14.8. The molecule has 394 valence electrons. The van der Waals surface area contributed by atoms with Gasteiger partial charge in [-0.05, 0) is 92.9 Å². The number of carbonyl (C=O) groups is 3. The highest BCUT2D eigenvalue weighted by atomic mass is 16.7. The summed E-state index contributed by atoms with van der Waals surface area (Å²) in [5.74, 6) is -3.74. The van der Waals surface area contributed by atoms with E-state index in [-0.39, 0.29) is 67.6 Å². The lowest BCUT2D eigenvalue weighted by molar-refractivity contribution is -0.112. The summed E-state index contributed by atoms with van der Waals surface area (Å²) >= 11 is 0. The molecule has 3 unspecified atom stereocenters. The van der Waals surface area contributed by atoms with Gasteiger partial charge in [0, 0.05) is 94.4 Å². The van der Waals surface area contributed by atoms with Crippen molar-refractivity contribution in [1.82, 2.24) is 14.8 Å². The van der Waals surface area contributed by atoms with Crippen molar-refractivity contribution >= 4 is 34.2 Å². The minimum Gasteiger partial charge on any atom is -0.507 e. The van der Waals surface area contributed by atoms with Crippen molar-refractivity contribution in [2.24, 2.45) is 39.6 Å². The summed E-state index contributed by atoms with van der Waals surface area (Å²) in [6.45, 7) is 20.5. The number of likely N-dealkylation sites (tertiary alicyclic amines) is 2. The van der Waals surface area contributed by atoms with Gasteiger partial charge in [-0.25, -0.2) is 4.79 Å². The largest absolute Gasteiger partial charge is 0.507 e. The number of piperidine rings is 2. The van der Waals surface area contributed by atoms with E-state index in [0.717, 1.165) is 39.6 Å². The number of pyridine rings is 1. The topological polar surface area (TPSA) is 216 Å². The molecule has 1 spiro atoms. The number of aromatic hydroxyl groups is 2. The molecule has 0 aliphatic carbocycles. The van der Waals surface area contributed by atoms with Gasteiger partial charge < -0.3 is 49.8 Å². The number of aromatic nitrogens is 1. The second-order valence-corrected chi connectivity index (χ2v) is 20.9. The van der Waals surface area contributed by atoms with Gasteiger partial charge in [-0.3, -0.25) is 24.6 Å². The molecule has 16 nitrogen and oxygen atoms in total. The van der Waals surface area contributed by atoms with Gasteiger partial charge in [-0.1, -0.05) is 59.8 Å². The minimum absolute atomic E-state index is 0.00382. The van der Waals surface area contributed by atoms with Gasteiger partial charge in [-0.2, -0.15) is 0 Å². The number of benzene rings is 2. The molecule has 16 heteroatoms. The Bertz CT molecular complexity index is 2740. The number of Topliss-reactive ketones (excluding diaryl/α,β-unsaturated/α-hetero) is 1. The quantitative estimate of drug-likeness (QED) is 0.125. The Balaban J connectivity index is 0.00000212. The zero-order chi connectivity index (χ0) is 53.5. The Labute approximate surface area is 429 Å². The highest BCUT2D eigenvalue weighted by molar-refractivity contribution is 6.19. The molecule has 7 heterocycles. The van der Waals surface area contributed by atoms with Crippen molar-refractivity contribution in [3.63, 3.8) is 0 Å². The van der Waals surface area contributed by atoms with E-state index in [0.29, 0.717) is 56.2 Å². The van der Waals surface area contributed by atoms with Crippen LogP contribution in [0.3, 0.4) is 0 Å². The van der Waals surface area contributed by atoms with Crippen molar-refractivity contribution in [3.05, 3.63) is 88.1 Å². The molecule has 5 N–H and O–H groups in total. The first-order valence-corrected chi connectivity index (χ1v) is 25.6. The molecule has 1 aromatic heterocycles. The van der Waals surface area contributed by atoms with Crippen LogP contribution in [0.1, 0.15) is 121 Å². The minimum atomic E-state index is -1.88. The zero-order valence-corrected chi connectivity index (χ0v) is 44.2. The number of nitrogens with zero attached hydrogens (tertiary/aromatic N) is 5. The molecule has 3 aromatic rings. The van der Waals surface area contributed by atoms with Crippen molar-refractivity contribution < 1.29 is 49.0 Å². The molecule has 2 fully saturated rings. The number of terminal acetylenes is 1. The predicted octanol–water partition coefficient (Wildman–Crippen LogP) is 7.86. The van der Waals surface area contributed by atoms with Crippen LogP contribution in [0.2, 0.25) is 0 Å². The molecule has 5 bridgehead atoms. The molecule has 2 aromatic carbocycles. The number of anilines is 1. The first kappa shape index (κ1) is 56.0. The molecule has 0 radical (unpaired) electrons. The summed E-state index contributed by atoms with van der Waals surface area (Å²) in [7, 11) is 1.00. The van der Waals surface area contributed by atoms with E-state index in [9.17, 15) is 29.7 Å². The molecule has 73 heavy (non-hydrogen) atoms. The van der Waals surface area contributed by atoms with Crippen LogP contribution in [0.4, 0.5) is 10.5 Å². The van der Waals surface area contributed by atoms with Crippen LogP contribution in [-0.2, 0) is 14.3 Å². The number of nitrogens with one attached hydrogen (secondary N) is 1. The van der Waals surface area contributed by atoms with Gasteiger partial charge in [0.2, 0.25) is 0 Å². The number of hydrogen-bond acceptors (Lipinski definition) is 14. The van der Waals surface area contributed by atoms with Gasteiger partial charge in [0.25, 0.3) is 11.7 Å². The van der Waals surface area contributed by atoms with E-state index in [1.165, 1.54) is 18.7 Å². The summed E-state index contributed by atoms with van der Waals surface area (Å²) in [5, 5.41) is 46.5. The van der Waals surface area contributed by atoms with Gasteiger partial charge >= 0.3 is 11.9 Å².